The highest BCUT2D eigenvalue weighted by molar-refractivity contribution is 7.14. The van der Waals surface area contributed by atoms with Crippen LogP contribution in [0.5, 0.6) is 0 Å². The van der Waals surface area contributed by atoms with E-state index in [0.29, 0.717) is 10.8 Å². The van der Waals surface area contributed by atoms with E-state index < -0.39 is 0 Å². The number of nitrogens with zero attached hydrogens (tertiary/aromatic N) is 1. The highest BCUT2D eigenvalue weighted by Gasteiger charge is 2.17. The van der Waals surface area contributed by atoms with E-state index >= 15 is 0 Å². The molecule has 4 nitrogen and oxygen atoms in total. The number of thiazole rings is 1. The summed E-state index contributed by atoms with van der Waals surface area (Å²) in [5, 5.41) is 5.36. The van der Waals surface area contributed by atoms with Crippen molar-refractivity contribution >= 4 is 34.1 Å². The molecule has 0 saturated heterocycles. The van der Waals surface area contributed by atoms with Gasteiger partial charge in [0.2, 0.25) is 5.91 Å². The Morgan fingerprint density at radius 1 is 1.29 bits per heavy atom. The van der Waals surface area contributed by atoms with Crippen molar-refractivity contribution in [2.24, 2.45) is 0 Å². The molecular weight excluding hydrogens is 282 g/mol. The number of carbonyl (C=O) groups excluding carboxylic acids is 1. The summed E-state index contributed by atoms with van der Waals surface area (Å²) in [6.45, 7) is 6.28. The molecular formula is C16H19N3OS. The lowest BCUT2D eigenvalue weighted by Gasteiger charge is -2.14. The molecule has 0 spiro atoms. The first-order chi connectivity index (χ1) is 9.84. The number of nitrogens with two attached hydrogens (primary N) is 1. The highest BCUT2D eigenvalue weighted by atomic mass is 32.1. The van der Waals surface area contributed by atoms with Crippen LogP contribution >= 0.6 is 11.3 Å². The van der Waals surface area contributed by atoms with Gasteiger partial charge in [0.15, 0.2) is 5.13 Å². The van der Waals surface area contributed by atoms with E-state index in [1.165, 1.54) is 17.4 Å². The van der Waals surface area contributed by atoms with Crippen molar-refractivity contribution in [3.05, 3.63) is 47.0 Å². The van der Waals surface area contributed by atoms with Crippen molar-refractivity contribution < 1.29 is 4.79 Å². The Morgan fingerprint density at radius 3 is 2.52 bits per heavy atom. The van der Waals surface area contributed by atoms with Gasteiger partial charge < -0.3 is 5.73 Å². The molecule has 110 valence electrons. The topological polar surface area (TPSA) is 68.0 Å². The molecule has 0 radical (unpaired) electrons. The van der Waals surface area contributed by atoms with Gasteiger partial charge in [0.1, 0.15) is 0 Å². The van der Waals surface area contributed by atoms with Crippen LogP contribution in [0.4, 0.5) is 10.8 Å². The van der Waals surface area contributed by atoms with Gasteiger partial charge in [-0.15, -0.1) is 11.3 Å². The van der Waals surface area contributed by atoms with E-state index in [2.05, 4.69) is 31.1 Å². The smallest absolute Gasteiger partial charge is 0.250 e. The van der Waals surface area contributed by atoms with E-state index in [4.69, 9.17) is 5.73 Å². The normalized spacial score (nSPS) is 11.8. The van der Waals surface area contributed by atoms with Crippen molar-refractivity contribution in [1.29, 1.82) is 0 Å². The third-order valence-corrected chi connectivity index (χ3v) is 3.62. The summed E-state index contributed by atoms with van der Waals surface area (Å²) in [5.74, 6) is -0.193. The molecule has 0 aliphatic heterocycles. The third-order valence-electron chi connectivity index (χ3n) is 2.87. The number of anilines is 2. The maximum Gasteiger partial charge on any atom is 0.250 e. The molecule has 0 aliphatic carbocycles. The number of hydrogen-bond acceptors (Lipinski definition) is 4. The molecule has 1 aromatic carbocycles. The van der Waals surface area contributed by atoms with Crippen LogP contribution in [0.25, 0.3) is 6.08 Å². The zero-order chi connectivity index (χ0) is 15.5. The zero-order valence-corrected chi connectivity index (χ0v) is 13.2. The fraction of sp³-hybridized carbons (Fsp3) is 0.250. The molecule has 2 rings (SSSR count). The van der Waals surface area contributed by atoms with E-state index in [1.807, 2.05) is 17.5 Å². The summed E-state index contributed by atoms with van der Waals surface area (Å²) < 4.78 is 0. The van der Waals surface area contributed by atoms with Gasteiger partial charge in [0.05, 0.1) is 5.69 Å². The molecule has 5 heteroatoms. The van der Waals surface area contributed by atoms with Crippen LogP contribution in [0.1, 0.15) is 32.0 Å². The van der Waals surface area contributed by atoms with E-state index in [0.717, 1.165) is 11.3 Å². The van der Waals surface area contributed by atoms with Crippen LogP contribution in [0.2, 0.25) is 0 Å². The molecule has 21 heavy (non-hydrogen) atoms. The summed E-state index contributed by atoms with van der Waals surface area (Å²) >= 11 is 1.43. The van der Waals surface area contributed by atoms with Gasteiger partial charge in [0.25, 0.3) is 0 Å². The van der Waals surface area contributed by atoms with Crippen LogP contribution in [-0.4, -0.2) is 10.9 Å². The first kappa shape index (κ1) is 15.3. The van der Waals surface area contributed by atoms with Gasteiger partial charge >= 0.3 is 0 Å². The van der Waals surface area contributed by atoms with Crippen molar-refractivity contribution in [1.82, 2.24) is 4.98 Å². The highest BCUT2D eigenvalue weighted by Crippen LogP contribution is 2.26. The number of amides is 1. The number of nitrogens with one attached hydrogen (secondary N) is 1. The minimum absolute atomic E-state index is 0.0146. The molecule has 1 aromatic heterocycles. The summed E-state index contributed by atoms with van der Waals surface area (Å²) in [6.07, 6.45) is 3.23. The molecule has 0 aliphatic rings. The average Bonchev–Trinajstić information content (AvgIpc) is 2.86. The Morgan fingerprint density at radius 2 is 1.95 bits per heavy atom. The second kappa shape index (κ2) is 6.10. The van der Waals surface area contributed by atoms with Gasteiger partial charge in [0, 0.05) is 22.6 Å². The number of nitrogen functional groups attached to an aromatic ring is 1. The zero-order valence-electron chi connectivity index (χ0n) is 12.4. The summed E-state index contributed by atoms with van der Waals surface area (Å²) in [7, 11) is 0. The number of carbonyl (C=O) groups is 1. The van der Waals surface area contributed by atoms with Gasteiger partial charge in [-0.1, -0.05) is 32.9 Å². The van der Waals surface area contributed by atoms with Crippen LogP contribution in [0, 0.1) is 0 Å². The minimum Gasteiger partial charge on any atom is -0.399 e. The van der Waals surface area contributed by atoms with Gasteiger partial charge in [-0.05, 0) is 23.8 Å². The number of aromatic nitrogens is 1. The first-order valence-corrected chi connectivity index (χ1v) is 7.53. The summed E-state index contributed by atoms with van der Waals surface area (Å²) in [6, 6.07) is 7.32. The number of hydrogen-bond donors (Lipinski definition) is 2. The monoisotopic (exact) mass is 301 g/mol. The first-order valence-electron chi connectivity index (χ1n) is 6.65. The van der Waals surface area contributed by atoms with E-state index in [9.17, 15) is 4.79 Å². The van der Waals surface area contributed by atoms with Crippen molar-refractivity contribution in [3.63, 3.8) is 0 Å². The Balaban J connectivity index is 1.98. The molecule has 0 bridgehead atoms. The lowest BCUT2D eigenvalue weighted by Crippen LogP contribution is -2.12. The lowest BCUT2D eigenvalue weighted by molar-refractivity contribution is -0.111. The fourth-order valence-electron chi connectivity index (χ4n) is 1.60. The quantitative estimate of drug-likeness (QED) is 0.671. The molecule has 0 fully saturated rings. The molecule has 3 N–H and O–H groups in total. The second-order valence-electron chi connectivity index (χ2n) is 5.78. The predicted octanol–water partition coefficient (Wildman–Crippen LogP) is 3.67. The van der Waals surface area contributed by atoms with Crippen LogP contribution < -0.4 is 11.1 Å². The van der Waals surface area contributed by atoms with Gasteiger partial charge in [-0.2, -0.15) is 0 Å². The lowest BCUT2D eigenvalue weighted by atomic mass is 9.93. The summed E-state index contributed by atoms with van der Waals surface area (Å²) in [5.41, 5.74) is 8.20. The Bertz CT molecular complexity index is 651. The van der Waals surface area contributed by atoms with Crippen LogP contribution in [0.3, 0.4) is 0 Å². The standard InChI is InChI=1S/C16H19N3OS/c1-16(2,3)13-10-21-15(18-13)19-14(20)9-6-11-4-7-12(17)8-5-11/h4-10H,17H2,1-3H3,(H,18,19,20)/b9-6+. The Kier molecular flexibility index (Phi) is 4.43. The summed E-state index contributed by atoms with van der Waals surface area (Å²) in [4.78, 5) is 16.3. The molecule has 1 heterocycles. The average molecular weight is 301 g/mol. The maximum absolute atomic E-state index is 11.9. The fourth-order valence-corrected chi connectivity index (χ4v) is 2.54. The molecule has 0 atom stereocenters. The Hall–Kier alpha value is -2.14. The third kappa shape index (κ3) is 4.43. The second-order valence-corrected chi connectivity index (χ2v) is 6.64. The molecule has 2 aromatic rings. The molecule has 1 amide bonds. The minimum atomic E-state index is -0.193. The van der Waals surface area contributed by atoms with E-state index in [-0.39, 0.29) is 11.3 Å². The van der Waals surface area contributed by atoms with E-state index in [1.54, 1.807) is 18.2 Å². The SMILES string of the molecule is CC(C)(C)c1csc(NC(=O)/C=C/c2ccc(N)cc2)n1. The van der Waals surface area contributed by atoms with Crippen molar-refractivity contribution in [2.45, 2.75) is 26.2 Å². The number of benzene rings is 1. The van der Waals surface area contributed by atoms with Crippen molar-refractivity contribution in [3.8, 4) is 0 Å². The molecule has 0 unspecified atom stereocenters. The predicted molar refractivity (Wildman–Crippen MR) is 89.3 cm³/mol. The Labute approximate surface area is 128 Å². The largest absolute Gasteiger partial charge is 0.399 e. The van der Waals surface area contributed by atoms with Gasteiger partial charge in [-0.3, -0.25) is 10.1 Å². The molecule has 0 saturated carbocycles. The number of rotatable bonds is 3. The van der Waals surface area contributed by atoms with Crippen LogP contribution in [-0.2, 0) is 10.2 Å². The maximum atomic E-state index is 11.9. The van der Waals surface area contributed by atoms with Crippen molar-refractivity contribution in [2.75, 3.05) is 11.1 Å². The van der Waals surface area contributed by atoms with Gasteiger partial charge in [-0.25, -0.2) is 4.98 Å². The van der Waals surface area contributed by atoms with Crippen LogP contribution in [0.15, 0.2) is 35.7 Å².